The maximum atomic E-state index is 11.7. The standard InChI is InChI=1S/C12H18N2O3S/c15-9-12(8-10-4-2-1-3-5-10)14-18(16,17)13-11-6-7-11/h1-5,11-15H,6-9H2/t12-/m1/s1. The van der Waals surface area contributed by atoms with Crippen LogP contribution in [0.1, 0.15) is 18.4 Å². The number of nitrogens with one attached hydrogen (secondary N) is 2. The van der Waals surface area contributed by atoms with Gasteiger partial charge in [-0.3, -0.25) is 0 Å². The second-order valence-electron chi connectivity index (χ2n) is 4.58. The summed E-state index contributed by atoms with van der Waals surface area (Å²) in [5.74, 6) is 0. The molecule has 0 heterocycles. The summed E-state index contributed by atoms with van der Waals surface area (Å²) in [5, 5.41) is 9.25. The van der Waals surface area contributed by atoms with Crippen LogP contribution < -0.4 is 9.44 Å². The Morgan fingerprint density at radius 2 is 1.94 bits per heavy atom. The second kappa shape index (κ2) is 5.79. The third-order valence-corrected chi connectivity index (χ3v) is 4.05. The van der Waals surface area contributed by atoms with Crippen LogP contribution in [0.5, 0.6) is 0 Å². The Balaban J connectivity index is 1.92. The Morgan fingerprint density at radius 3 is 2.50 bits per heavy atom. The zero-order valence-electron chi connectivity index (χ0n) is 10.0. The third-order valence-electron chi connectivity index (χ3n) is 2.77. The van der Waals surface area contributed by atoms with Crippen molar-refractivity contribution in [2.45, 2.75) is 31.3 Å². The fraction of sp³-hybridized carbons (Fsp3) is 0.500. The Bertz CT molecular complexity index is 471. The first-order chi connectivity index (χ1) is 8.59. The molecule has 1 aromatic carbocycles. The van der Waals surface area contributed by atoms with E-state index in [2.05, 4.69) is 9.44 Å². The van der Waals surface area contributed by atoms with Crippen LogP contribution in [0, 0.1) is 0 Å². The highest BCUT2D eigenvalue weighted by atomic mass is 32.2. The van der Waals surface area contributed by atoms with E-state index in [1.54, 1.807) is 0 Å². The molecule has 0 spiro atoms. The highest BCUT2D eigenvalue weighted by Crippen LogP contribution is 2.19. The van der Waals surface area contributed by atoms with Crippen molar-refractivity contribution in [2.24, 2.45) is 0 Å². The van der Waals surface area contributed by atoms with E-state index in [0.29, 0.717) is 6.42 Å². The van der Waals surface area contributed by atoms with E-state index < -0.39 is 16.3 Å². The topological polar surface area (TPSA) is 78.4 Å². The molecule has 1 aliphatic rings. The van der Waals surface area contributed by atoms with E-state index in [-0.39, 0.29) is 12.6 Å². The molecule has 5 nitrogen and oxygen atoms in total. The monoisotopic (exact) mass is 270 g/mol. The van der Waals surface area contributed by atoms with Gasteiger partial charge in [0.05, 0.1) is 12.6 Å². The van der Waals surface area contributed by atoms with E-state index in [1.165, 1.54) is 0 Å². The van der Waals surface area contributed by atoms with E-state index in [4.69, 9.17) is 0 Å². The zero-order valence-corrected chi connectivity index (χ0v) is 10.9. The van der Waals surface area contributed by atoms with Crippen molar-refractivity contribution in [3.8, 4) is 0 Å². The number of hydrogen-bond acceptors (Lipinski definition) is 3. The fourth-order valence-corrected chi connectivity index (χ4v) is 3.06. The van der Waals surface area contributed by atoms with Crippen LogP contribution >= 0.6 is 0 Å². The first-order valence-corrected chi connectivity index (χ1v) is 7.52. The second-order valence-corrected chi connectivity index (χ2v) is 6.06. The maximum Gasteiger partial charge on any atom is 0.277 e. The average molecular weight is 270 g/mol. The summed E-state index contributed by atoms with van der Waals surface area (Å²) in [7, 11) is -3.51. The van der Waals surface area contributed by atoms with Gasteiger partial charge in [0.2, 0.25) is 0 Å². The van der Waals surface area contributed by atoms with Crippen molar-refractivity contribution >= 4 is 10.2 Å². The van der Waals surface area contributed by atoms with Crippen molar-refractivity contribution < 1.29 is 13.5 Å². The van der Waals surface area contributed by atoms with Gasteiger partial charge < -0.3 is 5.11 Å². The van der Waals surface area contributed by atoms with Crippen molar-refractivity contribution in [2.75, 3.05) is 6.61 Å². The summed E-state index contributed by atoms with van der Waals surface area (Å²) < 4.78 is 28.4. The van der Waals surface area contributed by atoms with Crippen LogP contribution in [0.15, 0.2) is 30.3 Å². The molecule has 0 radical (unpaired) electrons. The molecule has 1 atom stereocenters. The molecular weight excluding hydrogens is 252 g/mol. The largest absolute Gasteiger partial charge is 0.395 e. The molecule has 0 unspecified atom stereocenters. The lowest BCUT2D eigenvalue weighted by Crippen LogP contribution is -2.46. The molecule has 2 rings (SSSR count). The third kappa shape index (κ3) is 4.38. The van der Waals surface area contributed by atoms with Crippen molar-refractivity contribution in [1.29, 1.82) is 0 Å². The molecule has 0 saturated heterocycles. The lowest BCUT2D eigenvalue weighted by molar-refractivity contribution is 0.255. The summed E-state index contributed by atoms with van der Waals surface area (Å²) in [6.45, 7) is -0.222. The summed E-state index contributed by atoms with van der Waals surface area (Å²) in [6.07, 6.45) is 2.26. The highest BCUT2D eigenvalue weighted by Gasteiger charge is 2.28. The van der Waals surface area contributed by atoms with Crippen LogP contribution in [-0.2, 0) is 16.6 Å². The number of rotatable bonds is 7. The predicted octanol–water partition coefficient (Wildman–Crippen LogP) is 0.176. The van der Waals surface area contributed by atoms with E-state index in [0.717, 1.165) is 18.4 Å². The highest BCUT2D eigenvalue weighted by molar-refractivity contribution is 7.87. The van der Waals surface area contributed by atoms with Crippen LogP contribution in [0.3, 0.4) is 0 Å². The SMILES string of the molecule is O=S(=O)(NC1CC1)N[C@@H](CO)Cc1ccccc1. The van der Waals surface area contributed by atoms with Crippen LogP contribution in [0.2, 0.25) is 0 Å². The number of hydrogen-bond donors (Lipinski definition) is 3. The Hall–Kier alpha value is -0.950. The lowest BCUT2D eigenvalue weighted by atomic mass is 10.1. The van der Waals surface area contributed by atoms with Gasteiger partial charge in [-0.2, -0.15) is 17.9 Å². The van der Waals surface area contributed by atoms with E-state index >= 15 is 0 Å². The Kier molecular flexibility index (Phi) is 4.34. The number of benzene rings is 1. The average Bonchev–Trinajstić information content (AvgIpc) is 3.12. The molecule has 0 aliphatic heterocycles. The minimum absolute atomic E-state index is 0.0681. The zero-order chi connectivity index (χ0) is 13.0. The van der Waals surface area contributed by atoms with Crippen LogP contribution in [0.4, 0.5) is 0 Å². The minimum Gasteiger partial charge on any atom is -0.395 e. The molecule has 1 fully saturated rings. The van der Waals surface area contributed by atoms with E-state index in [1.807, 2.05) is 30.3 Å². The normalized spacial score (nSPS) is 17.6. The van der Waals surface area contributed by atoms with E-state index in [9.17, 15) is 13.5 Å². The Labute approximate surface area is 107 Å². The van der Waals surface area contributed by atoms with Gasteiger partial charge in [-0.25, -0.2) is 0 Å². The fourth-order valence-electron chi connectivity index (χ4n) is 1.72. The van der Waals surface area contributed by atoms with Gasteiger partial charge in [0, 0.05) is 6.04 Å². The molecule has 6 heteroatoms. The first-order valence-electron chi connectivity index (χ1n) is 6.03. The van der Waals surface area contributed by atoms with Crippen molar-refractivity contribution in [3.05, 3.63) is 35.9 Å². The summed E-state index contributed by atoms with van der Waals surface area (Å²) >= 11 is 0. The van der Waals surface area contributed by atoms with Crippen molar-refractivity contribution in [3.63, 3.8) is 0 Å². The molecule has 100 valence electrons. The van der Waals surface area contributed by atoms with Gasteiger partial charge in [0.25, 0.3) is 10.2 Å². The van der Waals surface area contributed by atoms with Gasteiger partial charge in [-0.05, 0) is 24.8 Å². The van der Waals surface area contributed by atoms with Crippen molar-refractivity contribution in [1.82, 2.24) is 9.44 Å². The molecule has 18 heavy (non-hydrogen) atoms. The summed E-state index contributed by atoms with van der Waals surface area (Å²) in [6, 6.07) is 9.07. The molecule has 1 aliphatic carbocycles. The number of aliphatic hydroxyl groups is 1. The summed E-state index contributed by atoms with van der Waals surface area (Å²) in [5.41, 5.74) is 0.991. The lowest BCUT2D eigenvalue weighted by Gasteiger charge is -2.16. The molecule has 3 N–H and O–H groups in total. The summed E-state index contributed by atoms with van der Waals surface area (Å²) in [4.78, 5) is 0. The van der Waals surface area contributed by atoms with Gasteiger partial charge >= 0.3 is 0 Å². The van der Waals surface area contributed by atoms with Gasteiger partial charge in [-0.1, -0.05) is 30.3 Å². The number of aliphatic hydroxyl groups excluding tert-OH is 1. The molecule has 0 bridgehead atoms. The molecule has 1 aromatic rings. The molecule has 0 amide bonds. The van der Waals surface area contributed by atoms with Crippen LogP contribution in [0.25, 0.3) is 0 Å². The molecule has 1 saturated carbocycles. The quantitative estimate of drug-likeness (QED) is 0.661. The first kappa shape index (κ1) is 13.5. The smallest absolute Gasteiger partial charge is 0.277 e. The Morgan fingerprint density at radius 1 is 1.28 bits per heavy atom. The van der Waals surface area contributed by atoms with Gasteiger partial charge in [-0.15, -0.1) is 0 Å². The van der Waals surface area contributed by atoms with Crippen LogP contribution in [-0.4, -0.2) is 32.2 Å². The maximum absolute atomic E-state index is 11.7. The van der Waals surface area contributed by atoms with Gasteiger partial charge in [0.1, 0.15) is 0 Å². The minimum atomic E-state index is -3.51. The van der Waals surface area contributed by atoms with Gasteiger partial charge in [0.15, 0.2) is 0 Å². The predicted molar refractivity (Wildman–Crippen MR) is 69.2 cm³/mol. The molecule has 0 aromatic heterocycles. The molecular formula is C12H18N2O3S.